The zero-order valence-electron chi connectivity index (χ0n) is 14.0. The second kappa shape index (κ2) is 7.36. The zero-order chi connectivity index (χ0) is 18.7. The highest BCUT2D eigenvalue weighted by Crippen LogP contribution is 2.25. The van der Waals surface area contributed by atoms with Crippen molar-refractivity contribution in [1.29, 1.82) is 0 Å². The van der Waals surface area contributed by atoms with Gasteiger partial charge in [-0.15, -0.1) is 11.3 Å². The van der Waals surface area contributed by atoms with E-state index in [-0.39, 0.29) is 23.5 Å². The Morgan fingerprint density at radius 1 is 1.35 bits per heavy atom. The molecule has 0 aliphatic heterocycles. The Morgan fingerprint density at radius 3 is 2.88 bits per heavy atom. The number of carbonyl (C=O) groups excluding carboxylic acids is 2. The van der Waals surface area contributed by atoms with Crippen molar-refractivity contribution < 1.29 is 18.7 Å². The smallest absolute Gasteiger partial charge is 0.349 e. The Hall–Kier alpha value is -3.20. The molecule has 0 unspecified atom stereocenters. The Kier molecular flexibility index (Phi) is 4.99. The number of hydrogen-bond donors (Lipinski definition) is 2. The number of benzene rings is 1. The van der Waals surface area contributed by atoms with Gasteiger partial charge in [0.25, 0.3) is 5.91 Å². The minimum absolute atomic E-state index is 0.112. The van der Waals surface area contributed by atoms with Crippen molar-refractivity contribution in [2.24, 2.45) is 0 Å². The summed E-state index contributed by atoms with van der Waals surface area (Å²) in [4.78, 5) is 40.1. The Bertz CT molecular complexity index is 1040. The van der Waals surface area contributed by atoms with Gasteiger partial charge in [0.1, 0.15) is 5.56 Å². The third-order valence-electron chi connectivity index (χ3n) is 3.58. The summed E-state index contributed by atoms with van der Waals surface area (Å²) in [6.07, 6.45) is 0.112. The SMILES string of the molecule is CNC(=O)Cc1csc(NC(=O)c2cc3cccc(OC)c3oc2=O)n1. The quantitative estimate of drug-likeness (QED) is 0.660. The van der Waals surface area contributed by atoms with Crippen LogP contribution >= 0.6 is 11.3 Å². The first kappa shape index (κ1) is 17.6. The van der Waals surface area contributed by atoms with E-state index in [1.165, 1.54) is 20.2 Å². The predicted molar refractivity (Wildman–Crippen MR) is 96.9 cm³/mol. The predicted octanol–water partition coefficient (Wildman–Crippen LogP) is 1.80. The maximum absolute atomic E-state index is 12.4. The standard InChI is InChI=1S/C17H15N3O5S/c1-18-13(21)7-10-8-26-17(19-10)20-15(22)11-6-9-4-3-5-12(24-2)14(9)25-16(11)23/h3-6,8H,7H2,1-2H3,(H,18,21)(H,19,20,22). The van der Waals surface area contributed by atoms with E-state index in [0.29, 0.717) is 22.0 Å². The lowest BCUT2D eigenvalue weighted by Crippen LogP contribution is -2.21. The van der Waals surface area contributed by atoms with Crippen LogP contribution in [-0.4, -0.2) is 31.0 Å². The molecule has 134 valence electrons. The number of hydrogen-bond acceptors (Lipinski definition) is 7. The van der Waals surface area contributed by atoms with Crippen LogP contribution in [0.5, 0.6) is 5.75 Å². The number of rotatable bonds is 5. The molecular formula is C17H15N3O5S. The van der Waals surface area contributed by atoms with Gasteiger partial charge in [0.05, 0.1) is 19.2 Å². The Labute approximate surface area is 151 Å². The zero-order valence-corrected chi connectivity index (χ0v) is 14.8. The van der Waals surface area contributed by atoms with Gasteiger partial charge in [-0.2, -0.15) is 0 Å². The van der Waals surface area contributed by atoms with E-state index < -0.39 is 11.5 Å². The van der Waals surface area contributed by atoms with Gasteiger partial charge in [-0.05, 0) is 12.1 Å². The lowest BCUT2D eigenvalue weighted by molar-refractivity contribution is -0.120. The fourth-order valence-electron chi connectivity index (χ4n) is 2.30. The van der Waals surface area contributed by atoms with Crippen molar-refractivity contribution in [3.8, 4) is 5.75 Å². The number of para-hydroxylation sites is 1. The maximum atomic E-state index is 12.4. The van der Waals surface area contributed by atoms with E-state index in [1.54, 1.807) is 23.6 Å². The molecule has 8 nitrogen and oxygen atoms in total. The van der Waals surface area contributed by atoms with Crippen LogP contribution < -0.4 is 21.0 Å². The first-order valence-corrected chi connectivity index (χ1v) is 8.47. The highest BCUT2D eigenvalue weighted by atomic mass is 32.1. The van der Waals surface area contributed by atoms with E-state index in [9.17, 15) is 14.4 Å². The van der Waals surface area contributed by atoms with Crippen LogP contribution in [0.25, 0.3) is 11.0 Å². The van der Waals surface area contributed by atoms with Crippen molar-refractivity contribution in [3.05, 3.63) is 51.3 Å². The van der Waals surface area contributed by atoms with Gasteiger partial charge in [0, 0.05) is 17.8 Å². The molecule has 9 heteroatoms. The van der Waals surface area contributed by atoms with Crippen molar-refractivity contribution >= 4 is 39.3 Å². The van der Waals surface area contributed by atoms with Crippen molar-refractivity contribution in [3.63, 3.8) is 0 Å². The van der Waals surface area contributed by atoms with Crippen LogP contribution in [0.3, 0.4) is 0 Å². The molecule has 3 rings (SSSR count). The average molecular weight is 373 g/mol. The molecule has 1 aromatic carbocycles. The Balaban J connectivity index is 1.85. The largest absolute Gasteiger partial charge is 0.493 e. The van der Waals surface area contributed by atoms with Gasteiger partial charge < -0.3 is 14.5 Å². The molecule has 0 fully saturated rings. The monoisotopic (exact) mass is 373 g/mol. The van der Waals surface area contributed by atoms with Gasteiger partial charge in [0.2, 0.25) is 5.91 Å². The van der Waals surface area contributed by atoms with Gasteiger partial charge >= 0.3 is 5.63 Å². The number of likely N-dealkylation sites (N-methyl/N-ethyl adjacent to an activating group) is 1. The summed E-state index contributed by atoms with van der Waals surface area (Å²) < 4.78 is 10.4. The van der Waals surface area contributed by atoms with Crippen molar-refractivity contribution in [2.45, 2.75) is 6.42 Å². The first-order valence-electron chi connectivity index (χ1n) is 7.59. The second-order valence-electron chi connectivity index (χ2n) is 5.27. The molecule has 0 radical (unpaired) electrons. The molecule has 0 bridgehead atoms. The summed E-state index contributed by atoms with van der Waals surface area (Å²) in [6, 6.07) is 6.55. The Morgan fingerprint density at radius 2 is 2.15 bits per heavy atom. The van der Waals surface area contributed by atoms with E-state index in [0.717, 1.165) is 11.3 Å². The van der Waals surface area contributed by atoms with Gasteiger partial charge in [0.15, 0.2) is 16.5 Å². The van der Waals surface area contributed by atoms with Gasteiger partial charge in [-0.1, -0.05) is 12.1 Å². The number of anilines is 1. The van der Waals surface area contributed by atoms with Crippen LogP contribution in [0.1, 0.15) is 16.1 Å². The highest BCUT2D eigenvalue weighted by Gasteiger charge is 2.17. The molecule has 0 saturated heterocycles. The van der Waals surface area contributed by atoms with Crippen LogP contribution in [-0.2, 0) is 11.2 Å². The van der Waals surface area contributed by atoms with Crippen LogP contribution in [0.4, 0.5) is 5.13 Å². The number of amides is 2. The summed E-state index contributed by atoms with van der Waals surface area (Å²) in [5, 5.41) is 7.57. The fraction of sp³-hybridized carbons (Fsp3) is 0.176. The van der Waals surface area contributed by atoms with Crippen LogP contribution in [0.2, 0.25) is 0 Å². The summed E-state index contributed by atoms with van der Waals surface area (Å²) in [6.45, 7) is 0. The molecular weight excluding hydrogens is 358 g/mol. The third kappa shape index (κ3) is 3.57. The number of nitrogens with zero attached hydrogens (tertiary/aromatic N) is 1. The molecule has 2 N–H and O–H groups in total. The number of ether oxygens (including phenoxy) is 1. The molecule has 0 aliphatic rings. The van der Waals surface area contributed by atoms with Gasteiger partial charge in [-0.3, -0.25) is 14.9 Å². The molecule has 2 amide bonds. The lowest BCUT2D eigenvalue weighted by atomic mass is 10.1. The molecule has 0 saturated carbocycles. The number of aromatic nitrogens is 1. The summed E-state index contributed by atoms with van der Waals surface area (Å²) in [5.41, 5.74) is -0.117. The van der Waals surface area contributed by atoms with Crippen molar-refractivity contribution in [2.75, 3.05) is 19.5 Å². The van der Waals surface area contributed by atoms with Crippen LogP contribution in [0.15, 0.2) is 38.9 Å². The number of carbonyl (C=O) groups is 2. The number of fused-ring (bicyclic) bond motifs is 1. The number of nitrogens with one attached hydrogen (secondary N) is 2. The molecule has 0 atom stereocenters. The molecule has 26 heavy (non-hydrogen) atoms. The number of thiazole rings is 1. The molecule has 3 aromatic rings. The molecule has 0 aliphatic carbocycles. The highest BCUT2D eigenvalue weighted by molar-refractivity contribution is 7.14. The van der Waals surface area contributed by atoms with Crippen LogP contribution in [0, 0.1) is 0 Å². The second-order valence-corrected chi connectivity index (χ2v) is 6.13. The first-order chi connectivity index (χ1) is 12.5. The molecule has 2 heterocycles. The van der Waals surface area contributed by atoms with E-state index >= 15 is 0 Å². The van der Waals surface area contributed by atoms with E-state index in [1.807, 2.05) is 0 Å². The maximum Gasteiger partial charge on any atom is 0.349 e. The summed E-state index contributed by atoms with van der Waals surface area (Å²) >= 11 is 1.16. The molecule has 0 spiro atoms. The van der Waals surface area contributed by atoms with Gasteiger partial charge in [-0.25, -0.2) is 9.78 Å². The number of methoxy groups -OCH3 is 1. The minimum Gasteiger partial charge on any atom is -0.493 e. The van der Waals surface area contributed by atoms with E-state index in [2.05, 4.69) is 15.6 Å². The lowest BCUT2D eigenvalue weighted by Gasteiger charge is -2.05. The third-order valence-corrected chi connectivity index (χ3v) is 4.39. The molecule has 2 aromatic heterocycles. The minimum atomic E-state index is -0.776. The van der Waals surface area contributed by atoms with E-state index in [4.69, 9.17) is 9.15 Å². The summed E-state index contributed by atoms with van der Waals surface area (Å²) in [5.74, 6) is -0.410. The average Bonchev–Trinajstić information content (AvgIpc) is 3.07. The summed E-state index contributed by atoms with van der Waals surface area (Å²) in [7, 11) is 3.00. The topological polar surface area (TPSA) is 111 Å². The normalized spacial score (nSPS) is 10.5. The fourth-order valence-corrected chi connectivity index (χ4v) is 3.00. The van der Waals surface area contributed by atoms with Crippen molar-refractivity contribution in [1.82, 2.24) is 10.3 Å².